The lowest BCUT2D eigenvalue weighted by molar-refractivity contribution is -0.144. The molecule has 1 rings (SSSR count). The molecule has 0 unspecified atom stereocenters. The first-order valence-electron chi connectivity index (χ1n) is 12.5. The maximum Gasteiger partial charge on any atom is 0.305 e. The number of ether oxygens (including phenoxy) is 6. The second kappa shape index (κ2) is 21.7. The molecule has 0 aliphatic heterocycles. The third-order valence-electron chi connectivity index (χ3n) is 4.96. The molecule has 2 N–H and O–H groups in total. The van der Waals surface area contributed by atoms with Crippen LogP contribution in [0.2, 0.25) is 0 Å². The number of hydrogen-bond donors (Lipinski definition) is 2. The van der Waals surface area contributed by atoms with E-state index in [0.29, 0.717) is 82.9 Å². The zero-order valence-electron chi connectivity index (χ0n) is 22.0. The summed E-state index contributed by atoms with van der Waals surface area (Å²) in [5.41, 5.74) is 0.757. The van der Waals surface area contributed by atoms with E-state index in [1.54, 1.807) is 31.1 Å². The highest BCUT2D eigenvalue weighted by Gasteiger charge is 2.15. The van der Waals surface area contributed by atoms with Crippen LogP contribution < -0.4 is 4.74 Å². The average Bonchev–Trinajstić information content (AvgIpc) is 2.90. The maximum atomic E-state index is 12.8. The number of amides is 1. The molecule has 0 atom stereocenters. The molecule has 1 heterocycles. The fraction of sp³-hybridized carbons (Fsp3) is 0.720. The van der Waals surface area contributed by atoms with E-state index >= 15 is 0 Å². The van der Waals surface area contributed by atoms with Crippen molar-refractivity contribution >= 4 is 11.9 Å². The second-order valence-corrected chi connectivity index (χ2v) is 7.82. The van der Waals surface area contributed by atoms with Gasteiger partial charge in [0.1, 0.15) is 12.4 Å². The molecule has 0 fully saturated rings. The molecule has 0 spiro atoms. The van der Waals surface area contributed by atoms with E-state index in [1.807, 2.05) is 0 Å². The number of aromatic nitrogens is 1. The molecule has 37 heavy (non-hydrogen) atoms. The Morgan fingerprint density at radius 2 is 1.43 bits per heavy atom. The van der Waals surface area contributed by atoms with Gasteiger partial charge in [-0.2, -0.15) is 0 Å². The van der Waals surface area contributed by atoms with E-state index in [-0.39, 0.29) is 51.1 Å². The highest BCUT2D eigenvalue weighted by Crippen LogP contribution is 2.15. The van der Waals surface area contributed by atoms with E-state index in [9.17, 15) is 19.8 Å². The van der Waals surface area contributed by atoms with Gasteiger partial charge in [0.15, 0.2) is 0 Å². The third kappa shape index (κ3) is 16.2. The van der Waals surface area contributed by atoms with Crippen molar-refractivity contribution in [2.24, 2.45) is 0 Å². The zero-order chi connectivity index (χ0) is 27.1. The summed E-state index contributed by atoms with van der Waals surface area (Å²) in [7, 11) is 1.61. The van der Waals surface area contributed by atoms with Gasteiger partial charge in [-0.25, -0.2) is 0 Å². The van der Waals surface area contributed by atoms with Crippen molar-refractivity contribution in [1.82, 2.24) is 9.88 Å². The van der Waals surface area contributed by atoms with E-state index in [4.69, 9.17) is 28.4 Å². The van der Waals surface area contributed by atoms with Crippen molar-refractivity contribution in [2.45, 2.75) is 39.4 Å². The molecule has 0 saturated carbocycles. The van der Waals surface area contributed by atoms with Crippen LogP contribution in [0.1, 0.15) is 37.6 Å². The molecule has 0 bridgehead atoms. The minimum atomic E-state index is -0.302. The van der Waals surface area contributed by atoms with Crippen LogP contribution in [0.5, 0.6) is 5.75 Å². The van der Waals surface area contributed by atoms with Gasteiger partial charge >= 0.3 is 5.97 Å². The lowest BCUT2D eigenvalue weighted by Crippen LogP contribution is -2.36. The Kier molecular flexibility index (Phi) is 19.2. The topological polar surface area (TPSA) is 146 Å². The molecule has 1 aromatic heterocycles. The van der Waals surface area contributed by atoms with Gasteiger partial charge in [0, 0.05) is 32.2 Å². The molecule has 1 amide bonds. The first-order chi connectivity index (χ1) is 18.0. The lowest BCUT2D eigenvalue weighted by Gasteiger charge is -2.23. The van der Waals surface area contributed by atoms with Crippen molar-refractivity contribution in [3.8, 4) is 5.75 Å². The number of carbonyl (C=O) groups is 2. The molecule has 0 aliphatic rings. The highest BCUT2D eigenvalue weighted by atomic mass is 16.6. The van der Waals surface area contributed by atoms with Gasteiger partial charge in [-0.3, -0.25) is 14.6 Å². The second-order valence-electron chi connectivity index (χ2n) is 7.82. The molecule has 0 aliphatic carbocycles. The number of aliphatic hydroxyl groups excluding tert-OH is 2. The number of nitrogens with zero attached hydrogens (tertiary/aromatic N) is 2. The van der Waals surface area contributed by atoms with Gasteiger partial charge in [0.25, 0.3) is 0 Å². The zero-order valence-corrected chi connectivity index (χ0v) is 22.0. The third-order valence-corrected chi connectivity index (χ3v) is 4.96. The van der Waals surface area contributed by atoms with Crippen molar-refractivity contribution in [3.63, 3.8) is 0 Å². The van der Waals surface area contributed by atoms with Crippen molar-refractivity contribution < 1.29 is 48.2 Å². The van der Waals surface area contributed by atoms with Gasteiger partial charge in [-0.15, -0.1) is 0 Å². The Hall–Kier alpha value is -2.35. The highest BCUT2D eigenvalue weighted by molar-refractivity contribution is 5.76. The van der Waals surface area contributed by atoms with Crippen molar-refractivity contribution in [3.05, 3.63) is 23.5 Å². The van der Waals surface area contributed by atoms with E-state index in [0.717, 1.165) is 0 Å². The van der Waals surface area contributed by atoms with Gasteiger partial charge in [-0.1, -0.05) is 0 Å². The number of rotatable bonds is 23. The first kappa shape index (κ1) is 32.7. The number of hydrogen-bond acceptors (Lipinski definition) is 11. The van der Waals surface area contributed by atoms with Crippen LogP contribution in [0.25, 0.3) is 0 Å². The van der Waals surface area contributed by atoms with Crippen molar-refractivity contribution in [1.29, 1.82) is 0 Å². The van der Waals surface area contributed by atoms with Gasteiger partial charge in [-0.05, 0) is 13.3 Å². The molecule has 0 saturated heterocycles. The summed E-state index contributed by atoms with van der Waals surface area (Å²) in [6.07, 6.45) is 0.855. The Morgan fingerprint density at radius 1 is 0.838 bits per heavy atom. The number of methoxy groups -OCH3 is 1. The summed E-state index contributed by atoms with van der Waals surface area (Å²) in [4.78, 5) is 30.1. The Bertz CT molecular complexity index is 728. The predicted molar refractivity (Wildman–Crippen MR) is 133 cm³/mol. The summed E-state index contributed by atoms with van der Waals surface area (Å²) in [6.45, 7) is 5.35. The minimum Gasteiger partial charge on any atom is -0.492 e. The lowest BCUT2D eigenvalue weighted by atomic mass is 10.2. The monoisotopic (exact) mass is 530 g/mol. The Labute approximate surface area is 218 Å². The van der Waals surface area contributed by atoms with E-state index < -0.39 is 0 Å². The number of aliphatic hydroxyl groups is 2. The van der Waals surface area contributed by atoms with Crippen LogP contribution in [0.3, 0.4) is 0 Å². The number of carbonyl (C=O) groups excluding carboxylic acids is 2. The van der Waals surface area contributed by atoms with Gasteiger partial charge in [0.05, 0.1) is 90.4 Å². The van der Waals surface area contributed by atoms with E-state index in [2.05, 4.69) is 4.98 Å². The Balaban J connectivity index is 2.42. The largest absolute Gasteiger partial charge is 0.492 e. The van der Waals surface area contributed by atoms with Crippen LogP contribution in [0.15, 0.2) is 12.1 Å². The summed E-state index contributed by atoms with van der Waals surface area (Å²) < 4.78 is 31.8. The van der Waals surface area contributed by atoms with Crippen LogP contribution in [0.4, 0.5) is 0 Å². The molecule has 0 aromatic carbocycles. The SMILES string of the molecule is CCOC(=O)CCCN(CCOc1cc(CO)nc(CO)c1)C(=O)CCOCCOCCOCCOC. The summed E-state index contributed by atoms with van der Waals surface area (Å²) in [6, 6.07) is 3.15. The fourth-order valence-electron chi connectivity index (χ4n) is 3.15. The molecular formula is C25H42N2O10. The van der Waals surface area contributed by atoms with Gasteiger partial charge < -0.3 is 43.5 Å². The standard InChI is InChI=1S/C25H42N2O10/c1-3-36-25(31)5-4-7-27(8-10-37-23-17-21(19-28)26-22(18-23)20-29)24(30)6-9-33-13-14-35-16-15-34-12-11-32-2/h17-18,28-29H,3-16,19-20H2,1-2H3. The molecule has 1 aromatic rings. The van der Waals surface area contributed by atoms with Crippen LogP contribution in [-0.2, 0) is 46.5 Å². The molecule has 12 nitrogen and oxygen atoms in total. The summed E-state index contributed by atoms with van der Waals surface area (Å²) in [5.74, 6) is 0.0135. The van der Waals surface area contributed by atoms with Crippen LogP contribution in [0, 0.1) is 0 Å². The fourth-order valence-corrected chi connectivity index (χ4v) is 3.15. The van der Waals surface area contributed by atoms with Crippen molar-refractivity contribution in [2.75, 3.05) is 79.7 Å². The smallest absolute Gasteiger partial charge is 0.305 e. The minimum absolute atomic E-state index is 0.123. The quantitative estimate of drug-likeness (QED) is 0.152. The average molecular weight is 531 g/mol. The molecule has 212 valence electrons. The molecular weight excluding hydrogens is 488 g/mol. The number of esters is 1. The first-order valence-corrected chi connectivity index (χ1v) is 12.5. The molecule has 12 heteroatoms. The maximum absolute atomic E-state index is 12.8. The van der Waals surface area contributed by atoms with Crippen LogP contribution in [-0.4, -0.2) is 112 Å². The molecule has 0 radical (unpaired) electrons. The van der Waals surface area contributed by atoms with Crippen LogP contribution >= 0.6 is 0 Å². The van der Waals surface area contributed by atoms with E-state index in [1.165, 1.54) is 0 Å². The Morgan fingerprint density at radius 3 is 2.00 bits per heavy atom. The summed E-state index contributed by atoms with van der Waals surface area (Å²) in [5, 5.41) is 18.7. The predicted octanol–water partition coefficient (Wildman–Crippen LogP) is 0.703. The van der Waals surface area contributed by atoms with Gasteiger partial charge in [0.2, 0.25) is 5.91 Å². The normalized spacial score (nSPS) is 10.9. The number of pyridine rings is 1. The summed E-state index contributed by atoms with van der Waals surface area (Å²) >= 11 is 0.